The van der Waals surface area contributed by atoms with Crippen molar-refractivity contribution in [2.45, 2.75) is 26.4 Å². The predicted molar refractivity (Wildman–Crippen MR) is 51.2 cm³/mol. The fourth-order valence-electron chi connectivity index (χ4n) is 1.01. The number of anilines is 1. The standard InChI is InChI=1S/C8H14N2OS/c1-3-6(11-4-2)8-10-7(9)5-12-8/h5-6H,3-4,9H2,1-2H3. The zero-order chi connectivity index (χ0) is 8.97. The maximum absolute atomic E-state index is 5.51. The molecule has 0 aliphatic heterocycles. The third kappa shape index (κ3) is 2.19. The molecule has 0 fully saturated rings. The number of aromatic nitrogens is 1. The Morgan fingerprint density at radius 2 is 2.42 bits per heavy atom. The summed E-state index contributed by atoms with van der Waals surface area (Å²) in [6.45, 7) is 4.79. The molecule has 68 valence electrons. The lowest BCUT2D eigenvalue weighted by molar-refractivity contribution is 0.0597. The van der Waals surface area contributed by atoms with Crippen LogP contribution in [-0.4, -0.2) is 11.6 Å². The highest BCUT2D eigenvalue weighted by molar-refractivity contribution is 7.10. The summed E-state index contributed by atoms with van der Waals surface area (Å²) in [5, 5.41) is 2.83. The molecule has 1 heterocycles. The van der Waals surface area contributed by atoms with E-state index in [0.717, 1.165) is 18.0 Å². The fourth-order valence-corrected chi connectivity index (χ4v) is 1.85. The van der Waals surface area contributed by atoms with Crippen molar-refractivity contribution in [1.29, 1.82) is 0 Å². The van der Waals surface area contributed by atoms with Gasteiger partial charge < -0.3 is 10.5 Å². The fraction of sp³-hybridized carbons (Fsp3) is 0.625. The van der Waals surface area contributed by atoms with Crippen molar-refractivity contribution in [3.05, 3.63) is 10.4 Å². The third-order valence-electron chi connectivity index (χ3n) is 1.55. The van der Waals surface area contributed by atoms with E-state index in [9.17, 15) is 0 Å². The van der Waals surface area contributed by atoms with Gasteiger partial charge in [-0.25, -0.2) is 4.98 Å². The predicted octanol–water partition coefficient (Wildman–Crippen LogP) is 2.21. The van der Waals surface area contributed by atoms with E-state index in [-0.39, 0.29) is 6.10 Å². The first kappa shape index (κ1) is 9.48. The smallest absolute Gasteiger partial charge is 0.134 e. The van der Waals surface area contributed by atoms with Crippen LogP contribution in [0.1, 0.15) is 31.4 Å². The molecule has 0 saturated heterocycles. The molecule has 1 rings (SSSR count). The highest BCUT2D eigenvalue weighted by atomic mass is 32.1. The molecule has 2 N–H and O–H groups in total. The third-order valence-corrected chi connectivity index (χ3v) is 2.51. The summed E-state index contributed by atoms with van der Waals surface area (Å²) in [4.78, 5) is 4.17. The van der Waals surface area contributed by atoms with Crippen molar-refractivity contribution in [2.75, 3.05) is 12.3 Å². The normalized spacial score (nSPS) is 13.2. The van der Waals surface area contributed by atoms with Crippen molar-refractivity contribution in [3.63, 3.8) is 0 Å². The minimum Gasteiger partial charge on any atom is -0.383 e. The number of rotatable bonds is 4. The van der Waals surface area contributed by atoms with Crippen molar-refractivity contribution in [3.8, 4) is 0 Å². The van der Waals surface area contributed by atoms with E-state index in [0.29, 0.717) is 5.82 Å². The molecule has 3 nitrogen and oxygen atoms in total. The van der Waals surface area contributed by atoms with E-state index < -0.39 is 0 Å². The van der Waals surface area contributed by atoms with Crippen LogP contribution in [0.5, 0.6) is 0 Å². The topological polar surface area (TPSA) is 48.1 Å². The largest absolute Gasteiger partial charge is 0.383 e. The van der Waals surface area contributed by atoms with Gasteiger partial charge in [0.25, 0.3) is 0 Å². The van der Waals surface area contributed by atoms with Gasteiger partial charge in [-0.2, -0.15) is 0 Å². The molecule has 4 heteroatoms. The zero-order valence-electron chi connectivity index (χ0n) is 7.41. The van der Waals surface area contributed by atoms with Gasteiger partial charge in [0.15, 0.2) is 0 Å². The minimum absolute atomic E-state index is 0.122. The van der Waals surface area contributed by atoms with Gasteiger partial charge in [-0.3, -0.25) is 0 Å². The molecule has 0 aliphatic carbocycles. The molecule has 0 bridgehead atoms. The van der Waals surface area contributed by atoms with E-state index in [1.165, 1.54) is 0 Å². The van der Waals surface area contributed by atoms with E-state index in [4.69, 9.17) is 10.5 Å². The lowest BCUT2D eigenvalue weighted by Gasteiger charge is -2.10. The van der Waals surface area contributed by atoms with Gasteiger partial charge in [-0.05, 0) is 13.3 Å². The summed E-state index contributed by atoms with van der Waals surface area (Å²) >= 11 is 1.56. The summed E-state index contributed by atoms with van der Waals surface area (Å²) in [6, 6.07) is 0. The number of thiazole rings is 1. The van der Waals surface area contributed by atoms with Crippen molar-refractivity contribution in [1.82, 2.24) is 4.98 Å². The van der Waals surface area contributed by atoms with Crippen LogP contribution in [0.2, 0.25) is 0 Å². The number of nitrogen functional groups attached to an aromatic ring is 1. The first-order valence-electron chi connectivity index (χ1n) is 4.10. The summed E-state index contributed by atoms with van der Waals surface area (Å²) in [5.41, 5.74) is 5.51. The molecule has 0 amide bonds. The van der Waals surface area contributed by atoms with Crippen LogP contribution in [0.25, 0.3) is 0 Å². The number of nitrogens with zero attached hydrogens (tertiary/aromatic N) is 1. The van der Waals surface area contributed by atoms with Gasteiger partial charge in [0, 0.05) is 12.0 Å². The Morgan fingerprint density at radius 1 is 1.67 bits per heavy atom. The molecular formula is C8H14N2OS. The monoisotopic (exact) mass is 186 g/mol. The molecule has 0 saturated carbocycles. The molecule has 0 aromatic carbocycles. The van der Waals surface area contributed by atoms with Crippen LogP contribution in [0.3, 0.4) is 0 Å². The van der Waals surface area contributed by atoms with Crippen LogP contribution >= 0.6 is 11.3 Å². The Bertz CT molecular complexity index is 237. The van der Waals surface area contributed by atoms with Crippen LogP contribution < -0.4 is 5.73 Å². The van der Waals surface area contributed by atoms with Crippen molar-refractivity contribution in [2.24, 2.45) is 0 Å². The van der Waals surface area contributed by atoms with Gasteiger partial charge in [0.05, 0.1) is 0 Å². The lowest BCUT2D eigenvalue weighted by atomic mass is 10.3. The average Bonchev–Trinajstić information content (AvgIpc) is 2.47. The Hall–Kier alpha value is -0.610. The summed E-state index contributed by atoms with van der Waals surface area (Å²) in [7, 11) is 0. The highest BCUT2D eigenvalue weighted by Gasteiger charge is 2.12. The molecule has 1 atom stereocenters. The van der Waals surface area contributed by atoms with Gasteiger partial charge in [0.2, 0.25) is 0 Å². The first-order valence-corrected chi connectivity index (χ1v) is 4.98. The van der Waals surface area contributed by atoms with E-state index in [1.54, 1.807) is 11.3 Å². The van der Waals surface area contributed by atoms with Crippen LogP contribution in [0.4, 0.5) is 5.82 Å². The highest BCUT2D eigenvalue weighted by Crippen LogP contribution is 2.24. The Labute approximate surface area is 76.6 Å². The lowest BCUT2D eigenvalue weighted by Crippen LogP contribution is -2.02. The zero-order valence-corrected chi connectivity index (χ0v) is 8.23. The summed E-state index contributed by atoms with van der Waals surface area (Å²) in [6.07, 6.45) is 1.07. The Kier molecular flexibility index (Phi) is 3.49. The molecule has 0 radical (unpaired) electrons. The number of hydrogen-bond donors (Lipinski definition) is 1. The molecule has 1 unspecified atom stereocenters. The molecule has 0 spiro atoms. The number of hydrogen-bond acceptors (Lipinski definition) is 4. The second-order valence-corrected chi connectivity index (χ2v) is 3.35. The Morgan fingerprint density at radius 3 is 2.83 bits per heavy atom. The molecule has 12 heavy (non-hydrogen) atoms. The van der Waals surface area contributed by atoms with Crippen molar-refractivity contribution >= 4 is 17.2 Å². The summed E-state index contributed by atoms with van der Waals surface area (Å²) in [5.74, 6) is 0.591. The second-order valence-electron chi connectivity index (χ2n) is 2.46. The number of nitrogens with two attached hydrogens (primary N) is 1. The quantitative estimate of drug-likeness (QED) is 0.784. The second kappa shape index (κ2) is 4.42. The van der Waals surface area contributed by atoms with Gasteiger partial charge in [-0.1, -0.05) is 6.92 Å². The average molecular weight is 186 g/mol. The van der Waals surface area contributed by atoms with E-state index in [2.05, 4.69) is 11.9 Å². The van der Waals surface area contributed by atoms with Crippen LogP contribution in [0.15, 0.2) is 5.38 Å². The maximum Gasteiger partial charge on any atom is 0.134 e. The SMILES string of the molecule is CCOC(CC)c1nc(N)cs1. The Balaban J connectivity index is 2.66. The maximum atomic E-state index is 5.51. The van der Waals surface area contributed by atoms with Crippen molar-refractivity contribution < 1.29 is 4.74 Å². The molecule has 1 aromatic rings. The molecule has 0 aliphatic rings. The first-order chi connectivity index (χ1) is 5.77. The van der Waals surface area contributed by atoms with E-state index in [1.807, 2.05) is 12.3 Å². The van der Waals surface area contributed by atoms with Crippen LogP contribution in [0, 0.1) is 0 Å². The molecular weight excluding hydrogens is 172 g/mol. The minimum atomic E-state index is 0.122. The van der Waals surface area contributed by atoms with Gasteiger partial charge in [-0.15, -0.1) is 11.3 Å². The van der Waals surface area contributed by atoms with Crippen LogP contribution in [-0.2, 0) is 4.74 Å². The van der Waals surface area contributed by atoms with Gasteiger partial charge in [0.1, 0.15) is 16.9 Å². The van der Waals surface area contributed by atoms with Gasteiger partial charge >= 0.3 is 0 Å². The van der Waals surface area contributed by atoms with E-state index >= 15 is 0 Å². The summed E-state index contributed by atoms with van der Waals surface area (Å²) < 4.78 is 5.48. The molecule has 1 aromatic heterocycles. The number of ether oxygens (including phenoxy) is 1.